The Bertz CT molecular complexity index is 871. The molecule has 2 aromatic carbocycles. The Kier molecular flexibility index (Phi) is 4.26. The van der Waals surface area contributed by atoms with Crippen molar-refractivity contribution in [2.24, 2.45) is 7.05 Å². The fourth-order valence-corrected chi connectivity index (χ4v) is 2.80. The highest BCUT2D eigenvalue weighted by molar-refractivity contribution is 6.35. The molecule has 1 amide bonds. The lowest BCUT2D eigenvalue weighted by molar-refractivity contribution is 0.101. The average Bonchev–Trinajstić information content (AvgIpc) is 2.88. The Morgan fingerprint density at radius 2 is 2.00 bits per heavy atom. The first-order valence-electron chi connectivity index (χ1n) is 7.39. The molecule has 1 aromatic heterocycles. The van der Waals surface area contributed by atoms with Crippen molar-refractivity contribution < 1.29 is 9.53 Å². The maximum Gasteiger partial charge on any atom is 0.272 e. The van der Waals surface area contributed by atoms with Gasteiger partial charge in [0.15, 0.2) is 0 Å². The Hall–Kier alpha value is -2.46. The Morgan fingerprint density at radius 1 is 1.22 bits per heavy atom. The maximum absolute atomic E-state index is 12.6. The predicted octanol–water partition coefficient (Wildman–Crippen LogP) is 4.48. The number of ether oxygens (including phenoxy) is 1. The summed E-state index contributed by atoms with van der Waals surface area (Å²) < 4.78 is 7.37. The van der Waals surface area contributed by atoms with Gasteiger partial charge in [0.25, 0.3) is 5.91 Å². The van der Waals surface area contributed by atoms with Gasteiger partial charge < -0.3 is 14.6 Å². The zero-order chi connectivity index (χ0) is 16.4. The van der Waals surface area contributed by atoms with Crippen molar-refractivity contribution in [2.75, 3.05) is 11.9 Å². The second-order valence-corrected chi connectivity index (χ2v) is 5.55. The van der Waals surface area contributed by atoms with Gasteiger partial charge in [-0.15, -0.1) is 0 Å². The molecule has 3 rings (SSSR count). The third-order valence-electron chi connectivity index (χ3n) is 3.70. The Balaban J connectivity index is 1.96. The number of benzene rings is 2. The number of halogens is 1. The molecule has 0 spiro atoms. The lowest BCUT2D eigenvalue weighted by atomic mass is 10.2. The molecule has 0 atom stereocenters. The molecule has 3 aromatic rings. The minimum atomic E-state index is -0.202. The molecule has 0 radical (unpaired) electrons. The third kappa shape index (κ3) is 2.90. The number of rotatable bonds is 4. The van der Waals surface area contributed by atoms with Crippen LogP contribution >= 0.6 is 11.6 Å². The topological polar surface area (TPSA) is 43.3 Å². The summed E-state index contributed by atoms with van der Waals surface area (Å²) in [5.74, 6) is 0.451. The SMILES string of the molecule is CCOc1ccccc1NC(=O)c1cc2c(Cl)cccc2n1C. The number of carbonyl (C=O) groups excluding carboxylic acids is 1. The third-order valence-corrected chi connectivity index (χ3v) is 4.03. The molecule has 0 fully saturated rings. The summed E-state index contributed by atoms with van der Waals surface area (Å²) in [4.78, 5) is 12.6. The molecule has 23 heavy (non-hydrogen) atoms. The van der Waals surface area contributed by atoms with E-state index < -0.39 is 0 Å². The summed E-state index contributed by atoms with van der Waals surface area (Å²) in [6.07, 6.45) is 0. The maximum atomic E-state index is 12.6. The van der Waals surface area contributed by atoms with Gasteiger partial charge >= 0.3 is 0 Å². The number of anilines is 1. The fourth-order valence-electron chi connectivity index (χ4n) is 2.58. The highest BCUT2D eigenvalue weighted by atomic mass is 35.5. The van der Waals surface area contributed by atoms with Crippen LogP contribution in [0.15, 0.2) is 48.5 Å². The Morgan fingerprint density at radius 3 is 2.74 bits per heavy atom. The van der Waals surface area contributed by atoms with Crippen molar-refractivity contribution in [2.45, 2.75) is 6.92 Å². The van der Waals surface area contributed by atoms with Gasteiger partial charge in [-0.05, 0) is 37.3 Å². The van der Waals surface area contributed by atoms with E-state index in [0.717, 1.165) is 10.9 Å². The first kappa shape index (κ1) is 15.4. The second-order valence-electron chi connectivity index (χ2n) is 5.14. The lowest BCUT2D eigenvalue weighted by Gasteiger charge is -2.11. The summed E-state index contributed by atoms with van der Waals surface area (Å²) in [5, 5.41) is 4.40. The smallest absolute Gasteiger partial charge is 0.272 e. The Labute approximate surface area is 139 Å². The minimum Gasteiger partial charge on any atom is -0.492 e. The fraction of sp³-hybridized carbons (Fsp3) is 0.167. The number of amides is 1. The van der Waals surface area contributed by atoms with Crippen LogP contribution in [-0.2, 0) is 7.05 Å². The van der Waals surface area contributed by atoms with E-state index in [9.17, 15) is 4.79 Å². The van der Waals surface area contributed by atoms with Gasteiger partial charge in [0.05, 0.1) is 12.3 Å². The number of carbonyl (C=O) groups is 1. The van der Waals surface area contributed by atoms with Gasteiger partial charge in [-0.1, -0.05) is 29.8 Å². The normalized spacial score (nSPS) is 10.7. The summed E-state index contributed by atoms with van der Waals surface area (Å²) in [6.45, 7) is 2.45. The number of para-hydroxylation sites is 2. The van der Waals surface area contributed by atoms with E-state index >= 15 is 0 Å². The van der Waals surface area contributed by atoms with E-state index in [-0.39, 0.29) is 5.91 Å². The van der Waals surface area contributed by atoms with E-state index in [1.807, 2.05) is 61.0 Å². The minimum absolute atomic E-state index is 0.202. The van der Waals surface area contributed by atoms with Crippen LogP contribution in [0.1, 0.15) is 17.4 Å². The van der Waals surface area contributed by atoms with Crippen LogP contribution in [0.2, 0.25) is 5.02 Å². The molecule has 118 valence electrons. The number of aryl methyl sites for hydroxylation is 1. The van der Waals surface area contributed by atoms with Crippen molar-refractivity contribution in [3.8, 4) is 5.75 Å². The number of nitrogens with zero attached hydrogens (tertiary/aromatic N) is 1. The van der Waals surface area contributed by atoms with E-state index in [2.05, 4.69) is 5.32 Å². The molecule has 1 heterocycles. The lowest BCUT2D eigenvalue weighted by Crippen LogP contribution is -2.16. The molecule has 0 saturated heterocycles. The van der Waals surface area contributed by atoms with Crippen LogP contribution in [0.25, 0.3) is 10.9 Å². The van der Waals surface area contributed by atoms with Gasteiger partial charge in [-0.25, -0.2) is 0 Å². The molecule has 0 aliphatic carbocycles. The van der Waals surface area contributed by atoms with Gasteiger partial charge in [0.1, 0.15) is 11.4 Å². The van der Waals surface area contributed by atoms with Crippen molar-refractivity contribution in [3.05, 3.63) is 59.2 Å². The van der Waals surface area contributed by atoms with Gasteiger partial charge in [-0.3, -0.25) is 4.79 Å². The van der Waals surface area contributed by atoms with E-state index in [4.69, 9.17) is 16.3 Å². The zero-order valence-electron chi connectivity index (χ0n) is 13.0. The number of fused-ring (bicyclic) bond motifs is 1. The molecule has 0 saturated carbocycles. The van der Waals surface area contributed by atoms with Gasteiger partial charge in [0, 0.05) is 23.0 Å². The molecule has 0 unspecified atom stereocenters. The van der Waals surface area contributed by atoms with Crippen LogP contribution < -0.4 is 10.1 Å². The van der Waals surface area contributed by atoms with Crippen LogP contribution in [0.4, 0.5) is 5.69 Å². The average molecular weight is 329 g/mol. The number of hydrogen-bond acceptors (Lipinski definition) is 2. The van der Waals surface area contributed by atoms with Crippen molar-refractivity contribution in [1.29, 1.82) is 0 Å². The highest BCUT2D eigenvalue weighted by Crippen LogP contribution is 2.28. The summed E-state index contributed by atoms with van der Waals surface area (Å²) in [6, 6.07) is 14.8. The largest absolute Gasteiger partial charge is 0.492 e. The monoisotopic (exact) mass is 328 g/mol. The molecular weight excluding hydrogens is 312 g/mol. The quantitative estimate of drug-likeness (QED) is 0.767. The second kappa shape index (κ2) is 6.34. The first-order chi connectivity index (χ1) is 11.1. The van der Waals surface area contributed by atoms with Crippen LogP contribution in [0.5, 0.6) is 5.75 Å². The van der Waals surface area contributed by atoms with Gasteiger partial charge in [0.2, 0.25) is 0 Å². The summed E-state index contributed by atoms with van der Waals surface area (Å²) in [5.41, 5.74) is 2.11. The van der Waals surface area contributed by atoms with Crippen LogP contribution in [0, 0.1) is 0 Å². The molecule has 4 nitrogen and oxygen atoms in total. The predicted molar refractivity (Wildman–Crippen MR) is 93.5 cm³/mol. The van der Waals surface area contributed by atoms with Crippen molar-refractivity contribution in [3.63, 3.8) is 0 Å². The zero-order valence-corrected chi connectivity index (χ0v) is 13.7. The molecule has 5 heteroatoms. The summed E-state index contributed by atoms with van der Waals surface area (Å²) >= 11 is 6.21. The number of nitrogens with one attached hydrogen (secondary N) is 1. The van der Waals surface area contributed by atoms with Crippen molar-refractivity contribution >= 4 is 34.1 Å². The molecular formula is C18H17ClN2O2. The molecule has 1 N–H and O–H groups in total. The molecule has 0 bridgehead atoms. The van der Waals surface area contributed by atoms with E-state index in [1.54, 1.807) is 6.07 Å². The van der Waals surface area contributed by atoms with Crippen molar-refractivity contribution in [1.82, 2.24) is 4.57 Å². The standard InChI is InChI=1S/C18H17ClN2O2/c1-3-23-17-10-5-4-8-14(17)20-18(22)16-11-12-13(19)7-6-9-15(12)21(16)2/h4-11H,3H2,1-2H3,(H,20,22). The highest BCUT2D eigenvalue weighted by Gasteiger charge is 2.16. The molecule has 0 aliphatic heterocycles. The van der Waals surface area contributed by atoms with Crippen LogP contribution in [0.3, 0.4) is 0 Å². The molecule has 0 aliphatic rings. The van der Waals surface area contributed by atoms with E-state index in [0.29, 0.717) is 28.8 Å². The van der Waals surface area contributed by atoms with E-state index in [1.165, 1.54) is 0 Å². The van der Waals surface area contributed by atoms with Crippen LogP contribution in [-0.4, -0.2) is 17.1 Å². The van der Waals surface area contributed by atoms with Gasteiger partial charge in [-0.2, -0.15) is 0 Å². The number of hydrogen-bond donors (Lipinski definition) is 1. The first-order valence-corrected chi connectivity index (χ1v) is 7.76. The number of aromatic nitrogens is 1. The summed E-state index contributed by atoms with van der Waals surface area (Å²) in [7, 11) is 1.85.